The number of halogens is 2. The van der Waals surface area contributed by atoms with Gasteiger partial charge in [0.15, 0.2) is 5.82 Å². The number of anilines is 1. The number of nitrogens with one attached hydrogen (secondary N) is 3. The average molecular weight is 384 g/mol. The summed E-state index contributed by atoms with van der Waals surface area (Å²) in [5.74, 6) is 0.869. The van der Waals surface area contributed by atoms with Crippen LogP contribution in [0.4, 0.5) is 5.82 Å². The summed E-state index contributed by atoms with van der Waals surface area (Å²) in [6, 6.07) is 7.38. The molecule has 1 aliphatic heterocycles. The van der Waals surface area contributed by atoms with Crippen molar-refractivity contribution in [3.63, 3.8) is 0 Å². The Balaban J connectivity index is 1.73. The third-order valence-corrected chi connectivity index (χ3v) is 4.80. The molecule has 0 saturated carbocycles. The first-order chi connectivity index (χ1) is 10.5. The van der Waals surface area contributed by atoms with Crippen molar-refractivity contribution >= 4 is 39.3 Å². The molecule has 1 fully saturated rings. The lowest BCUT2D eigenvalue weighted by Crippen LogP contribution is -2.48. The molecule has 3 rings (SSSR count). The molecule has 5 nitrogen and oxygen atoms in total. The molecule has 116 valence electrons. The zero-order chi connectivity index (χ0) is 15.7. The van der Waals surface area contributed by atoms with Crippen molar-refractivity contribution in [3.8, 4) is 11.3 Å². The minimum absolute atomic E-state index is 0.00936. The molecule has 0 spiro atoms. The Bertz CT molecular complexity index is 699. The summed E-state index contributed by atoms with van der Waals surface area (Å²) in [6.45, 7) is 3.74. The molecule has 1 aliphatic rings. The highest BCUT2D eigenvalue weighted by Crippen LogP contribution is 2.30. The van der Waals surface area contributed by atoms with Crippen LogP contribution in [0, 0.1) is 11.8 Å². The van der Waals surface area contributed by atoms with Crippen molar-refractivity contribution in [2.75, 3.05) is 18.4 Å². The van der Waals surface area contributed by atoms with Gasteiger partial charge in [0.25, 0.3) is 0 Å². The van der Waals surface area contributed by atoms with Gasteiger partial charge < -0.3 is 10.6 Å². The van der Waals surface area contributed by atoms with E-state index in [9.17, 15) is 4.79 Å². The summed E-state index contributed by atoms with van der Waals surface area (Å²) >= 11 is 9.62. The summed E-state index contributed by atoms with van der Waals surface area (Å²) in [7, 11) is 0. The Labute approximate surface area is 142 Å². The summed E-state index contributed by atoms with van der Waals surface area (Å²) in [5, 5.41) is 13.7. The summed E-state index contributed by atoms with van der Waals surface area (Å²) < 4.78 is 0.929. The Morgan fingerprint density at radius 1 is 1.45 bits per heavy atom. The van der Waals surface area contributed by atoms with E-state index in [1.807, 2.05) is 25.1 Å². The molecule has 7 heteroatoms. The molecule has 2 heterocycles. The first kappa shape index (κ1) is 15.5. The van der Waals surface area contributed by atoms with Crippen LogP contribution in [-0.2, 0) is 4.79 Å². The smallest absolute Gasteiger partial charge is 0.228 e. The summed E-state index contributed by atoms with van der Waals surface area (Å²) in [4.78, 5) is 12.2. The van der Waals surface area contributed by atoms with Crippen LogP contribution in [0.25, 0.3) is 11.3 Å². The molecule has 1 atom stereocenters. The highest BCUT2D eigenvalue weighted by molar-refractivity contribution is 9.10. The van der Waals surface area contributed by atoms with Crippen molar-refractivity contribution in [2.45, 2.75) is 6.92 Å². The lowest BCUT2D eigenvalue weighted by molar-refractivity contribution is -0.121. The Morgan fingerprint density at radius 3 is 2.91 bits per heavy atom. The maximum absolute atomic E-state index is 12.2. The van der Waals surface area contributed by atoms with Crippen molar-refractivity contribution in [2.24, 2.45) is 11.8 Å². The van der Waals surface area contributed by atoms with Gasteiger partial charge in [-0.2, -0.15) is 5.10 Å². The predicted octanol–water partition coefficient (Wildman–Crippen LogP) is 3.29. The maximum atomic E-state index is 12.2. The van der Waals surface area contributed by atoms with Gasteiger partial charge in [-0.25, -0.2) is 0 Å². The van der Waals surface area contributed by atoms with Gasteiger partial charge in [-0.05, 0) is 37.2 Å². The van der Waals surface area contributed by atoms with E-state index >= 15 is 0 Å². The van der Waals surface area contributed by atoms with Gasteiger partial charge in [0, 0.05) is 22.0 Å². The molecule has 1 saturated heterocycles. The Morgan fingerprint density at radius 2 is 2.23 bits per heavy atom. The highest BCUT2D eigenvalue weighted by atomic mass is 79.9. The van der Waals surface area contributed by atoms with Gasteiger partial charge in [0.2, 0.25) is 5.91 Å². The summed E-state index contributed by atoms with van der Waals surface area (Å²) in [5.41, 5.74) is 1.60. The highest BCUT2D eigenvalue weighted by Gasteiger charge is 2.29. The molecule has 0 bridgehead atoms. The lowest BCUT2D eigenvalue weighted by atomic mass is 9.88. The van der Waals surface area contributed by atoms with Crippen molar-refractivity contribution in [1.29, 1.82) is 0 Å². The zero-order valence-corrected chi connectivity index (χ0v) is 14.3. The molecule has 0 aliphatic carbocycles. The quantitative estimate of drug-likeness (QED) is 0.759. The number of aromatic amines is 1. The van der Waals surface area contributed by atoms with E-state index in [0.29, 0.717) is 16.8 Å². The van der Waals surface area contributed by atoms with Crippen molar-refractivity contribution in [1.82, 2.24) is 15.5 Å². The zero-order valence-electron chi connectivity index (χ0n) is 12.0. The predicted molar refractivity (Wildman–Crippen MR) is 90.9 cm³/mol. The standard InChI is InChI=1S/C15H16BrClN4O/c1-8(9-6-18-7-9)15(22)19-14-5-13(20-21-14)11-4-10(16)2-3-12(11)17/h2-5,8-9,18H,6-7H2,1H3,(H2,19,20,21,22). The van der Waals surface area contributed by atoms with Crippen LogP contribution in [0.5, 0.6) is 0 Å². The van der Waals surface area contributed by atoms with E-state index in [-0.39, 0.29) is 11.8 Å². The second kappa shape index (κ2) is 6.40. The molecule has 22 heavy (non-hydrogen) atoms. The minimum Gasteiger partial charge on any atom is -0.316 e. The van der Waals surface area contributed by atoms with E-state index in [1.54, 1.807) is 6.07 Å². The number of H-pyrrole nitrogens is 1. The monoisotopic (exact) mass is 382 g/mol. The van der Waals surface area contributed by atoms with Gasteiger partial charge in [-0.15, -0.1) is 0 Å². The van der Waals surface area contributed by atoms with Crippen LogP contribution in [0.2, 0.25) is 5.02 Å². The molecule has 2 aromatic rings. The van der Waals surface area contributed by atoms with Crippen LogP contribution < -0.4 is 10.6 Å². The van der Waals surface area contributed by atoms with Crippen LogP contribution in [0.1, 0.15) is 6.92 Å². The number of nitrogens with zero attached hydrogens (tertiary/aromatic N) is 1. The Hall–Kier alpha value is -1.37. The van der Waals surface area contributed by atoms with Crippen molar-refractivity contribution < 1.29 is 4.79 Å². The molecule has 1 amide bonds. The maximum Gasteiger partial charge on any atom is 0.228 e. The van der Waals surface area contributed by atoms with E-state index < -0.39 is 0 Å². The van der Waals surface area contributed by atoms with Crippen LogP contribution in [-0.4, -0.2) is 29.2 Å². The number of aromatic nitrogens is 2. The number of carbonyl (C=O) groups is 1. The first-order valence-electron chi connectivity index (χ1n) is 7.07. The number of hydrogen-bond acceptors (Lipinski definition) is 3. The lowest BCUT2D eigenvalue weighted by Gasteiger charge is -2.31. The number of hydrogen-bond donors (Lipinski definition) is 3. The molecule has 1 unspecified atom stereocenters. The second-order valence-electron chi connectivity index (χ2n) is 5.49. The van der Waals surface area contributed by atoms with Crippen LogP contribution >= 0.6 is 27.5 Å². The normalized spacial score (nSPS) is 16.1. The van der Waals surface area contributed by atoms with E-state index in [1.165, 1.54) is 0 Å². The summed E-state index contributed by atoms with van der Waals surface area (Å²) in [6.07, 6.45) is 0. The Kier molecular flexibility index (Phi) is 4.52. The number of benzene rings is 1. The molecular formula is C15H16BrClN4O. The van der Waals surface area contributed by atoms with Crippen LogP contribution in [0.15, 0.2) is 28.7 Å². The third-order valence-electron chi connectivity index (χ3n) is 3.98. The fourth-order valence-corrected chi connectivity index (χ4v) is 2.93. The minimum atomic E-state index is -0.0316. The fourth-order valence-electron chi connectivity index (χ4n) is 2.35. The van der Waals surface area contributed by atoms with E-state index in [2.05, 4.69) is 36.8 Å². The van der Waals surface area contributed by atoms with Crippen LogP contribution in [0.3, 0.4) is 0 Å². The molecule has 3 N–H and O–H groups in total. The van der Waals surface area contributed by atoms with Gasteiger partial charge in [0.1, 0.15) is 0 Å². The third kappa shape index (κ3) is 3.19. The molecule has 1 aromatic heterocycles. The number of rotatable bonds is 4. The molecular weight excluding hydrogens is 368 g/mol. The van der Waals surface area contributed by atoms with Gasteiger partial charge in [-0.3, -0.25) is 9.89 Å². The fraction of sp³-hybridized carbons (Fsp3) is 0.333. The van der Waals surface area contributed by atoms with Gasteiger partial charge >= 0.3 is 0 Å². The van der Waals surface area contributed by atoms with E-state index in [4.69, 9.17) is 11.6 Å². The SMILES string of the molecule is CC(C(=O)Nc1cc(-c2cc(Br)ccc2Cl)[nH]n1)C1CNC1. The number of carbonyl (C=O) groups excluding carboxylic acids is 1. The largest absolute Gasteiger partial charge is 0.316 e. The second-order valence-corrected chi connectivity index (χ2v) is 6.81. The van der Waals surface area contributed by atoms with E-state index in [0.717, 1.165) is 28.8 Å². The van der Waals surface area contributed by atoms with Gasteiger partial charge in [0.05, 0.1) is 10.7 Å². The topological polar surface area (TPSA) is 69.8 Å². The molecule has 0 radical (unpaired) electrons. The first-order valence-corrected chi connectivity index (χ1v) is 8.24. The van der Waals surface area contributed by atoms with Crippen molar-refractivity contribution in [3.05, 3.63) is 33.8 Å². The number of amides is 1. The van der Waals surface area contributed by atoms with Gasteiger partial charge in [-0.1, -0.05) is 34.5 Å². The average Bonchev–Trinajstić information content (AvgIpc) is 2.87. The molecule has 1 aromatic carbocycles.